The third kappa shape index (κ3) is 7.80. The van der Waals surface area contributed by atoms with E-state index in [9.17, 15) is 9.90 Å². The molecule has 0 bridgehead atoms. The highest BCUT2D eigenvalue weighted by Gasteiger charge is 2.26. The van der Waals surface area contributed by atoms with E-state index < -0.39 is 5.97 Å². The quantitative estimate of drug-likeness (QED) is 0.328. The van der Waals surface area contributed by atoms with Crippen LogP contribution in [-0.4, -0.2) is 11.1 Å². The molecule has 0 radical (unpaired) electrons. The van der Waals surface area contributed by atoms with Crippen molar-refractivity contribution in [2.45, 2.75) is 66.2 Å². The van der Waals surface area contributed by atoms with E-state index in [-0.39, 0.29) is 17.3 Å². The zero-order valence-corrected chi connectivity index (χ0v) is 18.1. The third-order valence-corrected chi connectivity index (χ3v) is 5.29. The van der Waals surface area contributed by atoms with E-state index in [1.165, 1.54) is 11.1 Å². The van der Waals surface area contributed by atoms with Crippen molar-refractivity contribution in [2.75, 3.05) is 0 Å². The van der Waals surface area contributed by atoms with Crippen molar-refractivity contribution in [2.24, 2.45) is 11.8 Å². The molecule has 1 aliphatic rings. The molecule has 0 spiro atoms. The standard InChI is InChI=1S/C25H34O4/c1-18(8-5-9-19(2)11-7-13-22-14-15-28-17-22)10-6-12-20(3)16-23-24(26)21(4)25(27)29-23/h5,8-9,14-18,20,26H,6-7,10-13H2,1-4H3/b8-5+,19-9+,23-16+/t18-,20+/m1/s1. The van der Waals surface area contributed by atoms with Crippen LogP contribution < -0.4 is 0 Å². The summed E-state index contributed by atoms with van der Waals surface area (Å²) in [5.74, 6) is 0.597. The van der Waals surface area contributed by atoms with E-state index in [2.05, 4.69) is 39.0 Å². The number of esters is 1. The van der Waals surface area contributed by atoms with Crippen LogP contribution in [0.25, 0.3) is 0 Å². The maximum absolute atomic E-state index is 11.4. The van der Waals surface area contributed by atoms with Gasteiger partial charge in [-0.25, -0.2) is 4.79 Å². The third-order valence-electron chi connectivity index (χ3n) is 5.29. The van der Waals surface area contributed by atoms with Crippen molar-refractivity contribution in [1.29, 1.82) is 0 Å². The summed E-state index contributed by atoms with van der Waals surface area (Å²) in [6, 6.07) is 2.03. The Kier molecular flexibility index (Phi) is 9.04. The van der Waals surface area contributed by atoms with E-state index in [1.807, 2.05) is 18.4 Å². The first kappa shape index (κ1) is 22.8. The van der Waals surface area contributed by atoms with Gasteiger partial charge < -0.3 is 14.3 Å². The number of carbonyl (C=O) groups excluding carboxylic acids is 1. The average Bonchev–Trinajstić information content (AvgIpc) is 3.27. The Bertz CT molecular complexity index is 778. The van der Waals surface area contributed by atoms with Crippen molar-refractivity contribution < 1.29 is 19.1 Å². The predicted octanol–water partition coefficient (Wildman–Crippen LogP) is 6.82. The van der Waals surface area contributed by atoms with Crippen LogP contribution in [0.1, 0.15) is 65.4 Å². The Balaban J connectivity index is 1.64. The van der Waals surface area contributed by atoms with Crippen molar-refractivity contribution in [3.8, 4) is 0 Å². The highest BCUT2D eigenvalue weighted by molar-refractivity contribution is 5.93. The maximum Gasteiger partial charge on any atom is 0.343 e. The van der Waals surface area contributed by atoms with E-state index in [0.29, 0.717) is 11.7 Å². The lowest BCUT2D eigenvalue weighted by Crippen LogP contribution is -1.98. The summed E-state index contributed by atoms with van der Waals surface area (Å²) < 4.78 is 10.2. The number of aryl methyl sites for hydroxylation is 1. The van der Waals surface area contributed by atoms with Gasteiger partial charge in [-0.3, -0.25) is 0 Å². The lowest BCUT2D eigenvalue weighted by Gasteiger charge is -2.10. The predicted molar refractivity (Wildman–Crippen MR) is 116 cm³/mol. The normalized spacial score (nSPS) is 18.7. The summed E-state index contributed by atoms with van der Waals surface area (Å²) in [7, 11) is 0. The summed E-state index contributed by atoms with van der Waals surface area (Å²) in [4.78, 5) is 11.4. The highest BCUT2D eigenvalue weighted by Crippen LogP contribution is 2.26. The second kappa shape index (κ2) is 11.5. The van der Waals surface area contributed by atoms with Gasteiger partial charge >= 0.3 is 5.97 Å². The number of aliphatic hydroxyl groups excluding tert-OH is 1. The zero-order chi connectivity index (χ0) is 21.2. The Morgan fingerprint density at radius 3 is 2.62 bits per heavy atom. The Hall–Kier alpha value is -2.49. The molecule has 4 heteroatoms. The molecule has 2 heterocycles. The fraction of sp³-hybridized carbons (Fsp3) is 0.480. The summed E-state index contributed by atoms with van der Waals surface area (Å²) in [5.41, 5.74) is 2.94. The average molecular weight is 399 g/mol. The molecule has 2 atom stereocenters. The molecule has 0 saturated carbocycles. The number of ether oxygens (including phenoxy) is 1. The Morgan fingerprint density at radius 2 is 1.97 bits per heavy atom. The number of rotatable bonds is 11. The minimum Gasteiger partial charge on any atom is -0.504 e. The fourth-order valence-electron chi connectivity index (χ4n) is 3.32. The lowest BCUT2D eigenvalue weighted by atomic mass is 9.97. The van der Waals surface area contributed by atoms with Gasteiger partial charge in [-0.1, -0.05) is 44.1 Å². The number of hydrogen-bond acceptors (Lipinski definition) is 4. The minimum atomic E-state index is -0.454. The molecule has 2 rings (SSSR count). The number of hydrogen-bond donors (Lipinski definition) is 1. The van der Waals surface area contributed by atoms with Crippen molar-refractivity contribution in [3.63, 3.8) is 0 Å². The van der Waals surface area contributed by atoms with Gasteiger partial charge in [-0.2, -0.15) is 0 Å². The first-order valence-corrected chi connectivity index (χ1v) is 10.6. The largest absolute Gasteiger partial charge is 0.504 e. The number of carbonyl (C=O) groups is 1. The monoisotopic (exact) mass is 398 g/mol. The van der Waals surface area contributed by atoms with E-state index >= 15 is 0 Å². The number of furan rings is 1. The van der Waals surface area contributed by atoms with E-state index in [4.69, 9.17) is 9.15 Å². The summed E-state index contributed by atoms with van der Waals surface area (Å²) in [5, 5.41) is 9.88. The molecule has 1 aliphatic heterocycles. The van der Waals surface area contributed by atoms with Crippen LogP contribution in [0.3, 0.4) is 0 Å². The van der Waals surface area contributed by atoms with Crippen LogP contribution in [0.5, 0.6) is 0 Å². The zero-order valence-electron chi connectivity index (χ0n) is 18.1. The molecule has 4 nitrogen and oxygen atoms in total. The molecular formula is C25H34O4. The molecule has 1 N–H and O–H groups in total. The molecule has 0 saturated heterocycles. The molecule has 0 amide bonds. The van der Waals surface area contributed by atoms with E-state index in [0.717, 1.165) is 38.5 Å². The summed E-state index contributed by atoms with van der Waals surface area (Å²) in [6.07, 6.45) is 18.5. The van der Waals surface area contributed by atoms with Gasteiger partial charge in [0.2, 0.25) is 0 Å². The van der Waals surface area contributed by atoms with Gasteiger partial charge in [0.1, 0.15) is 0 Å². The van der Waals surface area contributed by atoms with Gasteiger partial charge in [-0.05, 0) is 75.5 Å². The molecule has 1 aromatic rings. The van der Waals surface area contributed by atoms with Gasteiger partial charge in [0.05, 0.1) is 18.1 Å². The lowest BCUT2D eigenvalue weighted by molar-refractivity contribution is -0.133. The van der Waals surface area contributed by atoms with Crippen LogP contribution in [-0.2, 0) is 16.0 Å². The molecular weight excluding hydrogens is 364 g/mol. The molecule has 0 unspecified atom stereocenters. The SMILES string of the molecule is CC1=C(O)/C(=C\[C@@H](C)CCC[C@H](C)/C=C/C=C(\C)CCCc2ccoc2)OC1=O. The first-order chi connectivity index (χ1) is 13.9. The minimum absolute atomic E-state index is 0.0231. The Morgan fingerprint density at radius 1 is 1.21 bits per heavy atom. The van der Waals surface area contributed by atoms with Crippen LogP contribution in [0, 0.1) is 11.8 Å². The molecule has 158 valence electrons. The fourth-order valence-corrected chi connectivity index (χ4v) is 3.32. The van der Waals surface area contributed by atoms with E-state index in [1.54, 1.807) is 13.2 Å². The van der Waals surface area contributed by atoms with Crippen molar-refractivity contribution in [1.82, 2.24) is 0 Å². The van der Waals surface area contributed by atoms with Crippen molar-refractivity contribution >= 4 is 5.97 Å². The molecule has 0 aliphatic carbocycles. The second-order valence-electron chi connectivity index (χ2n) is 8.16. The summed E-state index contributed by atoms with van der Waals surface area (Å²) in [6.45, 7) is 8.07. The van der Waals surface area contributed by atoms with Crippen LogP contribution >= 0.6 is 0 Å². The topological polar surface area (TPSA) is 59.7 Å². The number of allylic oxidation sites excluding steroid dienone is 5. The highest BCUT2D eigenvalue weighted by atomic mass is 16.6. The van der Waals surface area contributed by atoms with Crippen LogP contribution in [0.4, 0.5) is 0 Å². The van der Waals surface area contributed by atoms with Gasteiger partial charge in [0.25, 0.3) is 0 Å². The Labute approximate surface area is 174 Å². The number of aliphatic hydroxyl groups is 1. The molecule has 0 aromatic carbocycles. The van der Waals surface area contributed by atoms with Gasteiger partial charge in [-0.15, -0.1) is 0 Å². The van der Waals surface area contributed by atoms with Crippen molar-refractivity contribution in [3.05, 3.63) is 71.1 Å². The maximum atomic E-state index is 11.4. The second-order valence-corrected chi connectivity index (χ2v) is 8.16. The molecule has 29 heavy (non-hydrogen) atoms. The molecule has 0 fully saturated rings. The van der Waals surface area contributed by atoms with Gasteiger partial charge in [0, 0.05) is 0 Å². The van der Waals surface area contributed by atoms with Crippen LogP contribution in [0.2, 0.25) is 0 Å². The molecule has 1 aromatic heterocycles. The van der Waals surface area contributed by atoms with Gasteiger partial charge in [0.15, 0.2) is 11.5 Å². The smallest absolute Gasteiger partial charge is 0.343 e. The first-order valence-electron chi connectivity index (χ1n) is 10.6. The van der Waals surface area contributed by atoms with Crippen LogP contribution in [0.15, 0.2) is 70.0 Å². The summed E-state index contributed by atoms with van der Waals surface area (Å²) >= 11 is 0. The number of cyclic esters (lactones) is 1.